The molecule has 19 heavy (non-hydrogen) atoms. The van der Waals surface area contributed by atoms with Crippen molar-refractivity contribution in [1.82, 2.24) is 0 Å². The van der Waals surface area contributed by atoms with Gasteiger partial charge in [0.1, 0.15) is 11.7 Å². The molecule has 0 spiro atoms. The summed E-state index contributed by atoms with van der Waals surface area (Å²) in [6.07, 6.45) is 0. The molecule has 1 aromatic carbocycles. The summed E-state index contributed by atoms with van der Waals surface area (Å²) in [7, 11) is 0. The van der Waals surface area contributed by atoms with Crippen LogP contribution in [0.2, 0.25) is 0 Å². The summed E-state index contributed by atoms with van der Waals surface area (Å²) < 4.78 is 18.6. The summed E-state index contributed by atoms with van der Waals surface area (Å²) in [5.41, 5.74) is 0.159. The lowest BCUT2D eigenvalue weighted by atomic mass is 9.88. The van der Waals surface area contributed by atoms with Crippen LogP contribution in [-0.2, 0) is 9.53 Å². The van der Waals surface area contributed by atoms with E-state index in [4.69, 9.17) is 4.74 Å². The quantitative estimate of drug-likeness (QED) is 0.470. The van der Waals surface area contributed by atoms with Crippen LogP contribution in [0.4, 0.5) is 4.39 Å². The van der Waals surface area contributed by atoms with Gasteiger partial charge in [-0.25, -0.2) is 4.39 Å². The summed E-state index contributed by atoms with van der Waals surface area (Å²) in [6.45, 7) is 5.40. The Hall–Kier alpha value is -1.23. The third-order valence-electron chi connectivity index (χ3n) is 2.68. The van der Waals surface area contributed by atoms with E-state index in [0.717, 1.165) is 6.07 Å². The lowest BCUT2D eigenvalue weighted by Crippen LogP contribution is -2.31. The number of carbonyl (C=O) groups excluding carboxylic acids is 2. The molecule has 1 unspecified atom stereocenters. The molecule has 104 valence electrons. The third-order valence-corrected chi connectivity index (χ3v) is 3.38. The number of ether oxygens (including phenoxy) is 1. The van der Waals surface area contributed by atoms with Gasteiger partial charge in [0.2, 0.25) is 0 Å². The van der Waals surface area contributed by atoms with Gasteiger partial charge in [0.15, 0.2) is 5.78 Å². The highest BCUT2D eigenvalue weighted by atomic mass is 79.9. The molecule has 0 fully saturated rings. The highest BCUT2D eigenvalue weighted by molar-refractivity contribution is 9.10. The minimum Gasteiger partial charge on any atom is -0.465 e. The molecule has 0 aliphatic carbocycles. The number of esters is 1. The molecule has 1 aromatic rings. The van der Waals surface area contributed by atoms with Crippen LogP contribution in [0.1, 0.15) is 31.1 Å². The zero-order chi connectivity index (χ0) is 14.6. The van der Waals surface area contributed by atoms with Crippen LogP contribution in [0.15, 0.2) is 22.7 Å². The number of benzene rings is 1. The minimum atomic E-state index is -0.918. The predicted molar refractivity (Wildman–Crippen MR) is 73.4 cm³/mol. The van der Waals surface area contributed by atoms with E-state index in [1.807, 2.05) is 0 Å². The Morgan fingerprint density at radius 1 is 1.37 bits per heavy atom. The fraction of sp³-hybridized carbons (Fsp3) is 0.429. The number of hydrogen-bond acceptors (Lipinski definition) is 3. The van der Waals surface area contributed by atoms with Crippen molar-refractivity contribution in [1.29, 1.82) is 0 Å². The summed E-state index contributed by atoms with van der Waals surface area (Å²) in [6, 6.07) is 3.82. The van der Waals surface area contributed by atoms with Crippen LogP contribution < -0.4 is 0 Å². The van der Waals surface area contributed by atoms with Crippen molar-refractivity contribution in [2.24, 2.45) is 11.8 Å². The van der Waals surface area contributed by atoms with E-state index < -0.39 is 23.5 Å². The summed E-state index contributed by atoms with van der Waals surface area (Å²) in [4.78, 5) is 24.2. The second-order valence-electron chi connectivity index (χ2n) is 4.46. The molecule has 0 N–H and O–H groups in total. The van der Waals surface area contributed by atoms with Crippen LogP contribution in [0.5, 0.6) is 0 Å². The lowest BCUT2D eigenvalue weighted by molar-refractivity contribution is -0.147. The predicted octanol–water partition coefficient (Wildman–Crippen LogP) is 3.61. The first kappa shape index (κ1) is 15.8. The van der Waals surface area contributed by atoms with E-state index in [9.17, 15) is 14.0 Å². The number of ketones is 1. The van der Waals surface area contributed by atoms with Crippen LogP contribution in [0, 0.1) is 17.7 Å². The average Bonchev–Trinajstić information content (AvgIpc) is 2.32. The molecule has 3 nitrogen and oxygen atoms in total. The molecule has 0 amide bonds. The van der Waals surface area contributed by atoms with Crippen LogP contribution in [0.25, 0.3) is 0 Å². The molecule has 0 radical (unpaired) electrons. The number of hydrogen-bond donors (Lipinski definition) is 0. The molecule has 0 heterocycles. The molecule has 5 heteroatoms. The van der Waals surface area contributed by atoms with E-state index >= 15 is 0 Å². The van der Waals surface area contributed by atoms with Gasteiger partial charge in [-0.15, -0.1) is 0 Å². The summed E-state index contributed by atoms with van der Waals surface area (Å²) in [5.74, 6) is -2.66. The normalized spacial score (nSPS) is 12.3. The van der Waals surface area contributed by atoms with Gasteiger partial charge in [-0.2, -0.15) is 0 Å². The van der Waals surface area contributed by atoms with Crippen molar-refractivity contribution in [3.8, 4) is 0 Å². The first-order chi connectivity index (χ1) is 8.88. The molecular weight excluding hydrogens is 315 g/mol. The summed E-state index contributed by atoms with van der Waals surface area (Å²) in [5, 5.41) is 0. The van der Waals surface area contributed by atoms with E-state index in [1.165, 1.54) is 12.1 Å². The highest BCUT2D eigenvalue weighted by Gasteiger charge is 2.33. The van der Waals surface area contributed by atoms with E-state index in [2.05, 4.69) is 15.9 Å². The van der Waals surface area contributed by atoms with E-state index in [0.29, 0.717) is 4.47 Å². The van der Waals surface area contributed by atoms with Crippen molar-refractivity contribution < 1.29 is 18.7 Å². The minimum absolute atomic E-state index is 0.159. The van der Waals surface area contributed by atoms with E-state index in [-0.39, 0.29) is 18.1 Å². The van der Waals surface area contributed by atoms with Crippen LogP contribution >= 0.6 is 15.9 Å². The fourth-order valence-corrected chi connectivity index (χ4v) is 2.21. The van der Waals surface area contributed by atoms with Crippen molar-refractivity contribution in [2.45, 2.75) is 20.8 Å². The molecule has 1 rings (SSSR count). The average molecular weight is 331 g/mol. The first-order valence-electron chi connectivity index (χ1n) is 6.04. The monoisotopic (exact) mass is 330 g/mol. The van der Waals surface area contributed by atoms with Gasteiger partial charge in [-0.05, 0) is 31.0 Å². The van der Waals surface area contributed by atoms with Gasteiger partial charge < -0.3 is 4.74 Å². The molecule has 0 aliphatic heterocycles. The summed E-state index contributed by atoms with van der Waals surface area (Å²) >= 11 is 3.20. The highest BCUT2D eigenvalue weighted by Crippen LogP contribution is 2.25. The third kappa shape index (κ3) is 3.86. The van der Waals surface area contributed by atoms with Gasteiger partial charge in [-0.1, -0.05) is 29.8 Å². The van der Waals surface area contributed by atoms with Gasteiger partial charge in [0.25, 0.3) is 0 Å². The van der Waals surface area contributed by atoms with Crippen molar-refractivity contribution in [3.63, 3.8) is 0 Å². The van der Waals surface area contributed by atoms with Gasteiger partial charge >= 0.3 is 5.97 Å². The van der Waals surface area contributed by atoms with Gasteiger partial charge in [0, 0.05) is 10.0 Å². The Morgan fingerprint density at radius 3 is 2.53 bits per heavy atom. The maximum atomic E-state index is 13.2. The molecule has 0 aromatic heterocycles. The Labute approximate surface area is 120 Å². The van der Waals surface area contributed by atoms with Gasteiger partial charge in [0.05, 0.1) is 6.61 Å². The first-order valence-corrected chi connectivity index (χ1v) is 6.83. The Balaban J connectivity index is 3.13. The Morgan fingerprint density at radius 2 is 2.00 bits per heavy atom. The van der Waals surface area contributed by atoms with Crippen molar-refractivity contribution in [2.75, 3.05) is 6.61 Å². The maximum Gasteiger partial charge on any atom is 0.317 e. The number of rotatable bonds is 5. The fourth-order valence-electron chi connectivity index (χ4n) is 1.77. The smallest absolute Gasteiger partial charge is 0.317 e. The Bertz CT molecular complexity index is 486. The zero-order valence-electron chi connectivity index (χ0n) is 11.1. The lowest BCUT2D eigenvalue weighted by Gasteiger charge is -2.18. The molecule has 0 saturated heterocycles. The maximum absolute atomic E-state index is 13.2. The Kier molecular flexibility index (Phi) is 5.66. The zero-order valence-corrected chi connectivity index (χ0v) is 12.7. The molecule has 0 saturated carbocycles. The van der Waals surface area contributed by atoms with Crippen molar-refractivity contribution in [3.05, 3.63) is 34.1 Å². The van der Waals surface area contributed by atoms with Gasteiger partial charge in [-0.3, -0.25) is 9.59 Å². The number of carbonyl (C=O) groups is 2. The topological polar surface area (TPSA) is 43.4 Å². The van der Waals surface area contributed by atoms with E-state index in [1.54, 1.807) is 20.8 Å². The largest absolute Gasteiger partial charge is 0.465 e. The molecule has 0 bridgehead atoms. The number of halogens is 2. The molecule has 0 aliphatic rings. The number of Topliss-reactive ketones (excluding diaryl/α,β-unsaturated/α-hetero) is 1. The standard InChI is InChI=1S/C14H16BrFO3/c1-4-19-14(18)12(8(2)3)13(17)10-7-9(16)5-6-11(10)15/h5-8,12H,4H2,1-3H3. The molecular formula is C14H16BrFO3. The second kappa shape index (κ2) is 6.80. The van der Waals surface area contributed by atoms with Crippen molar-refractivity contribution >= 4 is 27.7 Å². The SMILES string of the molecule is CCOC(=O)C(C(=O)c1cc(F)ccc1Br)C(C)C. The van der Waals surface area contributed by atoms with Crippen LogP contribution in [-0.4, -0.2) is 18.4 Å². The molecule has 1 atom stereocenters. The van der Waals surface area contributed by atoms with Crippen LogP contribution in [0.3, 0.4) is 0 Å². The second-order valence-corrected chi connectivity index (χ2v) is 5.32.